The van der Waals surface area contributed by atoms with E-state index in [1.807, 2.05) is 0 Å². The van der Waals surface area contributed by atoms with E-state index in [9.17, 15) is 14.0 Å². The lowest BCUT2D eigenvalue weighted by Gasteiger charge is -2.16. The van der Waals surface area contributed by atoms with Gasteiger partial charge in [-0.2, -0.15) is 0 Å². The number of imide groups is 1. The lowest BCUT2D eigenvalue weighted by Crippen LogP contribution is -2.33. The summed E-state index contributed by atoms with van der Waals surface area (Å²) in [5.41, 5.74) is 0.887. The summed E-state index contributed by atoms with van der Waals surface area (Å²) in [6.07, 6.45) is 0. The molecule has 0 fully saturated rings. The number of hydrogen-bond donors (Lipinski definition) is 1. The van der Waals surface area contributed by atoms with Crippen LogP contribution >= 0.6 is 0 Å². The highest BCUT2D eigenvalue weighted by Gasteiger charge is 2.41. The number of para-hydroxylation sites is 1. The highest BCUT2D eigenvalue weighted by molar-refractivity contribution is 6.46. The standard InChI is InChI=1S/C25H21FN2O5/c1-31-17-8-6-7-16(14-17)27-23-22(15-11-12-20(32-2)21(13-15)33-3)24(29)28(25(23)30)19-10-5-4-9-18(19)26/h4-14,27H,1-3H3. The van der Waals surface area contributed by atoms with Gasteiger partial charge in [0.15, 0.2) is 11.5 Å². The molecule has 33 heavy (non-hydrogen) atoms. The Kier molecular flexibility index (Phi) is 5.99. The third kappa shape index (κ3) is 3.98. The fraction of sp³-hybridized carbons (Fsp3) is 0.120. The average molecular weight is 448 g/mol. The smallest absolute Gasteiger partial charge is 0.282 e. The van der Waals surface area contributed by atoms with E-state index >= 15 is 0 Å². The monoisotopic (exact) mass is 448 g/mol. The number of methoxy groups -OCH3 is 3. The van der Waals surface area contributed by atoms with Crippen LogP contribution in [-0.2, 0) is 9.59 Å². The first-order chi connectivity index (χ1) is 16.0. The Balaban J connectivity index is 1.87. The summed E-state index contributed by atoms with van der Waals surface area (Å²) >= 11 is 0. The molecule has 0 bridgehead atoms. The third-order valence-electron chi connectivity index (χ3n) is 5.19. The molecule has 8 heteroatoms. The molecular weight excluding hydrogens is 427 g/mol. The first-order valence-corrected chi connectivity index (χ1v) is 9.99. The average Bonchev–Trinajstić information content (AvgIpc) is 3.08. The largest absolute Gasteiger partial charge is 0.497 e. The number of rotatable bonds is 7. The highest BCUT2D eigenvalue weighted by atomic mass is 19.1. The summed E-state index contributed by atoms with van der Waals surface area (Å²) in [5.74, 6) is -0.621. The summed E-state index contributed by atoms with van der Waals surface area (Å²) in [4.78, 5) is 27.7. The minimum atomic E-state index is -0.687. The van der Waals surface area contributed by atoms with Crippen LogP contribution in [0.1, 0.15) is 5.56 Å². The van der Waals surface area contributed by atoms with Crippen LogP contribution in [0.2, 0.25) is 0 Å². The van der Waals surface area contributed by atoms with Gasteiger partial charge < -0.3 is 19.5 Å². The number of carbonyl (C=O) groups excluding carboxylic acids is 2. The van der Waals surface area contributed by atoms with Crippen molar-refractivity contribution < 1.29 is 28.2 Å². The molecule has 0 spiro atoms. The van der Waals surface area contributed by atoms with Crippen molar-refractivity contribution in [2.24, 2.45) is 0 Å². The Hall–Kier alpha value is -4.33. The molecule has 3 aromatic carbocycles. The predicted octanol–water partition coefficient (Wildman–Crippen LogP) is 4.25. The number of benzene rings is 3. The van der Waals surface area contributed by atoms with Gasteiger partial charge in [0.2, 0.25) is 0 Å². The lowest BCUT2D eigenvalue weighted by atomic mass is 10.0. The molecule has 168 valence electrons. The van der Waals surface area contributed by atoms with E-state index in [4.69, 9.17) is 14.2 Å². The summed E-state index contributed by atoms with van der Waals surface area (Å²) < 4.78 is 30.4. The van der Waals surface area contributed by atoms with Crippen LogP contribution in [0.3, 0.4) is 0 Å². The number of carbonyl (C=O) groups is 2. The van der Waals surface area contributed by atoms with Crippen LogP contribution in [0, 0.1) is 5.82 Å². The Morgan fingerprint density at radius 2 is 1.55 bits per heavy atom. The fourth-order valence-corrected chi connectivity index (χ4v) is 3.60. The van der Waals surface area contributed by atoms with Crippen molar-refractivity contribution in [1.82, 2.24) is 0 Å². The van der Waals surface area contributed by atoms with Gasteiger partial charge in [-0.1, -0.05) is 24.3 Å². The number of ether oxygens (including phenoxy) is 3. The van der Waals surface area contributed by atoms with Crippen molar-refractivity contribution in [2.45, 2.75) is 0 Å². The minimum Gasteiger partial charge on any atom is -0.497 e. The van der Waals surface area contributed by atoms with Crippen LogP contribution in [0.25, 0.3) is 5.57 Å². The molecule has 7 nitrogen and oxygen atoms in total. The minimum absolute atomic E-state index is 0.00345. The number of nitrogens with zero attached hydrogens (tertiary/aromatic N) is 1. The van der Waals surface area contributed by atoms with Gasteiger partial charge >= 0.3 is 0 Å². The first kappa shape index (κ1) is 21.9. The normalized spacial score (nSPS) is 13.4. The maximum Gasteiger partial charge on any atom is 0.282 e. The van der Waals surface area contributed by atoms with E-state index in [1.165, 1.54) is 39.5 Å². The van der Waals surface area contributed by atoms with Crippen LogP contribution in [0.15, 0.2) is 72.4 Å². The second kappa shape index (κ2) is 9.04. The Bertz CT molecular complexity index is 1270. The van der Waals surface area contributed by atoms with Gasteiger partial charge in [0.1, 0.15) is 17.3 Å². The molecule has 0 unspecified atom stereocenters. The zero-order valence-corrected chi connectivity index (χ0v) is 18.2. The summed E-state index contributed by atoms with van der Waals surface area (Å²) in [6, 6.07) is 17.4. The topological polar surface area (TPSA) is 77.1 Å². The zero-order chi connectivity index (χ0) is 23.5. The zero-order valence-electron chi connectivity index (χ0n) is 18.2. The maximum atomic E-state index is 14.5. The summed E-state index contributed by atoms with van der Waals surface area (Å²) in [5, 5.41) is 3.02. The van der Waals surface area contributed by atoms with Crippen LogP contribution in [0.4, 0.5) is 15.8 Å². The number of anilines is 2. The second-order valence-corrected chi connectivity index (χ2v) is 7.07. The van der Waals surface area contributed by atoms with E-state index in [2.05, 4.69) is 5.32 Å². The number of halogens is 1. The highest BCUT2D eigenvalue weighted by Crippen LogP contribution is 2.38. The van der Waals surface area contributed by atoms with Gasteiger partial charge in [-0.25, -0.2) is 9.29 Å². The Labute approximate surface area is 190 Å². The third-order valence-corrected chi connectivity index (χ3v) is 5.19. The van der Waals surface area contributed by atoms with E-state index in [0.717, 1.165) is 4.90 Å². The van der Waals surface area contributed by atoms with Gasteiger partial charge in [0.25, 0.3) is 11.8 Å². The van der Waals surface area contributed by atoms with Gasteiger partial charge in [0, 0.05) is 11.8 Å². The predicted molar refractivity (Wildman–Crippen MR) is 122 cm³/mol. The number of hydrogen-bond acceptors (Lipinski definition) is 6. The van der Waals surface area contributed by atoms with E-state index < -0.39 is 17.6 Å². The van der Waals surface area contributed by atoms with Crippen molar-refractivity contribution in [1.29, 1.82) is 0 Å². The number of amides is 2. The summed E-state index contributed by atoms with van der Waals surface area (Å²) in [6.45, 7) is 0. The van der Waals surface area contributed by atoms with E-state index in [-0.39, 0.29) is 17.0 Å². The quantitative estimate of drug-likeness (QED) is 0.545. The van der Waals surface area contributed by atoms with Crippen molar-refractivity contribution in [3.05, 3.63) is 83.8 Å². The summed E-state index contributed by atoms with van der Waals surface area (Å²) in [7, 11) is 4.49. The lowest BCUT2D eigenvalue weighted by molar-refractivity contribution is -0.120. The number of nitrogens with one attached hydrogen (secondary N) is 1. The van der Waals surface area contributed by atoms with Crippen molar-refractivity contribution in [3.8, 4) is 17.2 Å². The van der Waals surface area contributed by atoms with Crippen LogP contribution < -0.4 is 24.4 Å². The van der Waals surface area contributed by atoms with Gasteiger partial charge in [-0.05, 0) is 42.0 Å². The molecule has 1 N–H and O–H groups in total. The molecule has 0 saturated heterocycles. The first-order valence-electron chi connectivity index (χ1n) is 9.99. The Morgan fingerprint density at radius 1 is 0.788 bits per heavy atom. The van der Waals surface area contributed by atoms with Crippen LogP contribution in [0.5, 0.6) is 17.2 Å². The molecule has 3 aromatic rings. The molecule has 1 heterocycles. The van der Waals surface area contributed by atoms with Gasteiger partial charge in [-0.15, -0.1) is 0 Å². The van der Waals surface area contributed by atoms with Gasteiger partial charge in [-0.3, -0.25) is 9.59 Å². The van der Waals surface area contributed by atoms with Crippen molar-refractivity contribution >= 4 is 28.8 Å². The SMILES string of the molecule is COc1cccc(NC2=C(c3ccc(OC)c(OC)c3)C(=O)N(c3ccccc3F)C2=O)c1. The van der Waals surface area contributed by atoms with Gasteiger partial charge in [0.05, 0.1) is 32.6 Å². The second-order valence-electron chi connectivity index (χ2n) is 7.07. The molecule has 1 aliphatic rings. The van der Waals surface area contributed by atoms with E-state index in [1.54, 1.807) is 48.5 Å². The molecule has 4 rings (SSSR count). The molecule has 0 aliphatic carbocycles. The molecular formula is C25H21FN2O5. The maximum absolute atomic E-state index is 14.5. The molecule has 2 amide bonds. The molecule has 0 saturated carbocycles. The van der Waals surface area contributed by atoms with E-state index in [0.29, 0.717) is 28.5 Å². The van der Waals surface area contributed by atoms with Crippen molar-refractivity contribution in [2.75, 3.05) is 31.5 Å². The molecule has 0 radical (unpaired) electrons. The van der Waals surface area contributed by atoms with Crippen LogP contribution in [-0.4, -0.2) is 33.1 Å². The fourth-order valence-electron chi connectivity index (χ4n) is 3.60. The Morgan fingerprint density at radius 3 is 2.24 bits per heavy atom. The van der Waals surface area contributed by atoms with Crippen molar-refractivity contribution in [3.63, 3.8) is 0 Å². The molecule has 1 aliphatic heterocycles. The molecule has 0 atom stereocenters. The molecule has 0 aromatic heterocycles.